The lowest BCUT2D eigenvalue weighted by Crippen LogP contribution is -2.21. The minimum Gasteiger partial charge on any atom is -0.828 e. The van der Waals surface area contributed by atoms with E-state index >= 15 is 0 Å². The quantitative estimate of drug-likeness (QED) is 0.674. The zero-order valence-electron chi connectivity index (χ0n) is 8.08. The molecule has 0 amide bonds. The summed E-state index contributed by atoms with van der Waals surface area (Å²) >= 11 is 0. The van der Waals surface area contributed by atoms with Gasteiger partial charge in [-0.1, -0.05) is 12.1 Å². The highest BCUT2D eigenvalue weighted by Crippen LogP contribution is 2.13. The van der Waals surface area contributed by atoms with E-state index in [0.717, 1.165) is 18.4 Å². The van der Waals surface area contributed by atoms with Crippen molar-refractivity contribution in [2.45, 2.75) is 13.8 Å². The van der Waals surface area contributed by atoms with Gasteiger partial charge in [0.25, 0.3) is 0 Å². The Hall–Kier alpha value is -0.590. The average molecular weight is 196 g/mol. The van der Waals surface area contributed by atoms with E-state index in [1.54, 1.807) is 0 Å². The van der Waals surface area contributed by atoms with Crippen molar-refractivity contribution in [2.24, 2.45) is 0 Å². The second-order valence-corrected chi connectivity index (χ2v) is 3.60. The Morgan fingerprint density at radius 3 is 2.08 bits per heavy atom. The van der Waals surface area contributed by atoms with E-state index in [4.69, 9.17) is 0 Å². The van der Waals surface area contributed by atoms with Gasteiger partial charge in [0.1, 0.15) is 0 Å². The Kier molecular flexibility index (Phi) is 4.20. The minimum absolute atomic E-state index is 0.347. The first-order valence-electron chi connectivity index (χ1n) is 4.55. The van der Waals surface area contributed by atoms with Crippen LogP contribution in [-0.4, -0.2) is 13.1 Å². The Balaban J connectivity index is 2.78. The molecule has 1 aromatic rings. The molecule has 0 aliphatic heterocycles. The summed E-state index contributed by atoms with van der Waals surface area (Å²) in [6.07, 6.45) is 0. The molecule has 0 fully saturated rings. The van der Waals surface area contributed by atoms with Crippen molar-refractivity contribution in [1.82, 2.24) is 0 Å². The molecular weight excluding hydrogens is 181 g/mol. The summed E-state index contributed by atoms with van der Waals surface area (Å²) in [4.78, 5) is 12.8. The van der Waals surface area contributed by atoms with Gasteiger partial charge in [0.05, 0.1) is 0 Å². The molecule has 3 heteroatoms. The molecule has 0 heterocycles. The molecule has 0 aliphatic rings. The third-order valence-corrected chi connectivity index (χ3v) is 2.68. The van der Waals surface area contributed by atoms with Gasteiger partial charge in [-0.15, -0.1) is 0 Å². The van der Waals surface area contributed by atoms with Gasteiger partial charge in [-0.3, -0.25) is 0 Å². The second-order valence-electron chi connectivity index (χ2n) is 2.82. The van der Waals surface area contributed by atoms with E-state index in [9.17, 15) is 4.89 Å². The first kappa shape index (κ1) is 10.5. The van der Waals surface area contributed by atoms with Crippen LogP contribution in [0.2, 0.25) is 0 Å². The van der Waals surface area contributed by atoms with E-state index in [1.165, 1.54) is 5.69 Å². The molecule has 0 saturated heterocycles. The zero-order chi connectivity index (χ0) is 9.68. The molecule has 1 atom stereocenters. The van der Waals surface area contributed by atoms with Crippen LogP contribution < -0.4 is 15.1 Å². The van der Waals surface area contributed by atoms with Gasteiger partial charge in [0.2, 0.25) is 0 Å². The topological polar surface area (TPSA) is 26.3 Å². The number of rotatable bonds is 4. The summed E-state index contributed by atoms with van der Waals surface area (Å²) in [7, 11) is -0.347. The zero-order valence-corrected chi connectivity index (χ0v) is 9.08. The number of hydrogen-bond acceptors (Lipinski definition) is 2. The predicted molar refractivity (Wildman–Crippen MR) is 58.0 cm³/mol. The standard InChI is InChI=1S/C10H15NOP/c1-3-11(4-2)9-5-7-10(13-12)8-6-9/h5-8,13H,3-4H2,1-2H3/q-1. The molecule has 0 aromatic heterocycles. The molecule has 0 saturated carbocycles. The maximum Gasteiger partial charge on any atom is 0.0366 e. The first-order valence-corrected chi connectivity index (χ1v) is 5.45. The second kappa shape index (κ2) is 5.21. The minimum atomic E-state index is -0.347. The van der Waals surface area contributed by atoms with Crippen molar-refractivity contribution in [2.75, 3.05) is 18.0 Å². The maximum atomic E-state index is 10.6. The van der Waals surface area contributed by atoms with Gasteiger partial charge in [-0.05, 0) is 31.3 Å². The van der Waals surface area contributed by atoms with Crippen molar-refractivity contribution < 1.29 is 4.89 Å². The van der Waals surface area contributed by atoms with Crippen LogP contribution in [0.25, 0.3) is 0 Å². The summed E-state index contributed by atoms with van der Waals surface area (Å²) in [6, 6.07) is 7.87. The molecule has 1 aromatic carbocycles. The van der Waals surface area contributed by atoms with Crippen LogP contribution >= 0.6 is 8.81 Å². The molecule has 72 valence electrons. The Morgan fingerprint density at radius 1 is 1.15 bits per heavy atom. The summed E-state index contributed by atoms with van der Waals surface area (Å²) in [5.41, 5.74) is 1.20. The van der Waals surface area contributed by atoms with Crippen LogP contribution in [0.5, 0.6) is 0 Å². The molecule has 13 heavy (non-hydrogen) atoms. The van der Waals surface area contributed by atoms with E-state index in [0.29, 0.717) is 0 Å². The summed E-state index contributed by atoms with van der Waals surface area (Å²) in [6.45, 7) is 6.28. The van der Waals surface area contributed by atoms with E-state index in [2.05, 4.69) is 18.7 Å². The number of hydrogen-bond donors (Lipinski definition) is 0. The molecule has 0 spiro atoms. The monoisotopic (exact) mass is 196 g/mol. The van der Waals surface area contributed by atoms with Crippen LogP contribution in [0.4, 0.5) is 5.69 Å². The predicted octanol–water partition coefficient (Wildman–Crippen LogP) is 1.11. The van der Waals surface area contributed by atoms with Gasteiger partial charge in [0.15, 0.2) is 0 Å². The van der Waals surface area contributed by atoms with Crippen LogP contribution in [-0.2, 0) is 0 Å². The van der Waals surface area contributed by atoms with Gasteiger partial charge in [-0.2, -0.15) is 8.81 Å². The maximum absolute atomic E-state index is 10.6. The smallest absolute Gasteiger partial charge is 0.0366 e. The van der Waals surface area contributed by atoms with Crippen molar-refractivity contribution >= 4 is 19.8 Å². The van der Waals surface area contributed by atoms with Crippen LogP contribution in [0, 0.1) is 0 Å². The van der Waals surface area contributed by atoms with Gasteiger partial charge < -0.3 is 9.79 Å². The molecule has 0 N–H and O–H groups in total. The molecule has 0 aliphatic carbocycles. The number of benzene rings is 1. The molecule has 0 radical (unpaired) electrons. The number of anilines is 1. The molecule has 1 rings (SSSR count). The fourth-order valence-corrected chi connectivity index (χ4v) is 1.63. The highest BCUT2D eigenvalue weighted by Gasteiger charge is 1.99. The Bertz CT molecular complexity index is 244. The van der Waals surface area contributed by atoms with Gasteiger partial charge >= 0.3 is 0 Å². The van der Waals surface area contributed by atoms with E-state index < -0.39 is 0 Å². The molecule has 2 nitrogen and oxygen atoms in total. The van der Waals surface area contributed by atoms with E-state index in [-0.39, 0.29) is 8.81 Å². The Labute approximate surface area is 81.4 Å². The van der Waals surface area contributed by atoms with Gasteiger partial charge in [0, 0.05) is 18.8 Å². The van der Waals surface area contributed by atoms with E-state index in [1.807, 2.05) is 24.3 Å². The lowest BCUT2D eigenvalue weighted by molar-refractivity contribution is -0.147. The largest absolute Gasteiger partial charge is 0.828 e. The molecule has 1 unspecified atom stereocenters. The van der Waals surface area contributed by atoms with Crippen LogP contribution in [0.1, 0.15) is 13.8 Å². The van der Waals surface area contributed by atoms with Crippen molar-refractivity contribution in [3.8, 4) is 0 Å². The normalized spacial score (nSPS) is 11.0. The third kappa shape index (κ3) is 2.68. The molecular formula is C10H15NOP-. The first-order chi connectivity index (χ1) is 6.31. The highest BCUT2D eigenvalue weighted by atomic mass is 31.1. The third-order valence-electron chi connectivity index (χ3n) is 2.11. The van der Waals surface area contributed by atoms with Crippen LogP contribution in [0.3, 0.4) is 0 Å². The average Bonchev–Trinajstić information content (AvgIpc) is 2.21. The van der Waals surface area contributed by atoms with Crippen molar-refractivity contribution in [1.29, 1.82) is 0 Å². The Morgan fingerprint density at radius 2 is 1.69 bits per heavy atom. The fourth-order valence-electron chi connectivity index (χ4n) is 1.33. The highest BCUT2D eigenvalue weighted by molar-refractivity contribution is 7.39. The van der Waals surface area contributed by atoms with Crippen molar-refractivity contribution in [3.63, 3.8) is 0 Å². The number of nitrogens with zero attached hydrogens (tertiary/aromatic N) is 1. The summed E-state index contributed by atoms with van der Waals surface area (Å²) in [5.74, 6) is 0. The van der Waals surface area contributed by atoms with Gasteiger partial charge in [-0.25, -0.2) is 0 Å². The summed E-state index contributed by atoms with van der Waals surface area (Å²) in [5, 5.41) is 0.885. The lowest BCUT2D eigenvalue weighted by Gasteiger charge is -2.21. The fraction of sp³-hybridized carbons (Fsp3) is 0.400. The van der Waals surface area contributed by atoms with Crippen molar-refractivity contribution in [3.05, 3.63) is 24.3 Å². The molecule has 0 bridgehead atoms. The SMILES string of the molecule is CCN(CC)c1ccc(P[O-])cc1. The summed E-state index contributed by atoms with van der Waals surface area (Å²) < 4.78 is 0. The lowest BCUT2D eigenvalue weighted by atomic mass is 10.3. The van der Waals surface area contributed by atoms with Crippen LogP contribution in [0.15, 0.2) is 24.3 Å².